The molecule has 0 radical (unpaired) electrons. The molecular weight excluding hydrogens is 432 g/mol. The molecule has 7 nitrogen and oxygen atoms in total. The minimum Gasteiger partial charge on any atom is -0.437 e. The number of benzene rings is 2. The van der Waals surface area contributed by atoms with E-state index in [9.17, 15) is 14.4 Å². The van der Waals surface area contributed by atoms with Gasteiger partial charge in [0.1, 0.15) is 11.3 Å². The Morgan fingerprint density at radius 2 is 1.59 bits per heavy atom. The van der Waals surface area contributed by atoms with E-state index in [1.165, 1.54) is 13.3 Å². The number of hydrogen-bond donors (Lipinski definition) is 2. The number of aryl methyl sites for hydroxylation is 1. The average Bonchev–Trinajstić information content (AvgIpc) is 2.72. The van der Waals surface area contributed by atoms with E-state index in [1.54, 1.807) is 12.1 Å². The monoisotopic (exact) mass is 464 g/mol. The maximum absolute atomic E-state index is 13.3. The fourth-order valence-electron chi connectivity index (χ4n) is 3.80. The molecule has 1 amide bonds. The topological polar surface area (TPSA) is 97.5 Å². The zero-order valence-corrected chi connectivity index (χ0v) is 21.0. The highest BCUT2D eigenvalue weighted by molar-refractivity contribution is 6.06. The molecule has 1 heterocycles. The summed E-state index contributed by atoms with van der Waals surface area (Å²) in [6.07, 6.45) is 0.564. The van der Waals surface area contributed by atoms with Gasteiger partial charge >= 0.3 is 6.16 Å². The molecular formula is C27H32N2O5. The van der Waals surface area contributed by atoms with Crippen molar-refractivity contribution >= 4 is 28.7 Å². The number of H-pyrrole nitrogens is 1. The van der Waals surface area contributed by atoms with Crippen LogP contribution >= 0.6 is 0 Å². The standard InChI is InChI=1S/C27H32N2O5/c1-15-9-10-20-16(11-15)23(30)17(14-28-20)24(31)29-21-13-22(34-25(32)33-8)19(27(5,6)7)12-18(21)26(2,3)4/h9-14H,1-8H3,(H,28,30)(H,29,31). The Balaban J connectivity index is 2.14. The summed E-state index contributed by atoms with van der Waals surface area (Å²) in [6, 6.07) is 9.02. The average molecular weight is 465 g/mol. The molecule has 0 aliphatic heterocycles. The van der Waals surface area contributed by atoms with Crippen molar-refractivity contribution in [2.24, 2.45) is 0 Å². The van der Waals surface area contributed by atoms with Crippen LogP contribution < -0.4 is 15.5 Å². The molecule has 1 aromatic heterocycles. The minimum atomic E-state index is -0.854. The van der Waals surface area contributed by atoms with Crippen molar-refractivity contribution in [1.29, 1.82) is 0 Å². The molecule has 2 aromatic carbocycles. The number of anilines is 1. The smallest absolute Gasteiger partial charge is 0.437 e. The number of aromatic nitrogens is 1. The molecule has 34 heavy (non-hydrogen) atoms. The summed E-state index contributed by atoms with van der Waals surface area (Å²) in [4.78, 5) is 41.3. The summed E-state index contributed by atoms with van der Waals surface area (Å²) >= 11 is 0. The number of hydrogen-bond acceptors (Lipinski definition) is 5. The molecule has 0 aliphatic carbocycles. The van der Waals surface area contributed by atoms with Gasteiger partial charge in [-0.1, -0.05) is 53.2 Å². The van der Waals surface area contributed by atoms with Gasteiger partial charge < -0.3 is 19.8 Å². The Kier molecular flexibility index (Phi) is 6.60. The fraction of sp³-hybridized carbons (Fsp3) is 0.370. The molecule has 0 bridgehead atoms. The summed E-state index contributed by atoms with van der Waals surface area (Å²) in [5, 5.41) is 3.32. The Morgan fingerprint density at radius 1 is 0.941 bits per heavy atom. The van der Waals surface area contributed by atoms with Crippen LogP contribution in [0.1, 0.15) is 68.6 Å². The number of carbonyl (C=O) groups is 2. The number of nitrogens with one attached hydrogen (secondary N) is 2. The Morgan fingerprint density at radius 3 is 2.18 bits per heavy atom. The molecule has 0 aliphatic rings. The summed E-state index contributed by atoms with van der Waals surface area (Å²) in [6.45, 7) is 14.0. The first kappa shape index (κ1) is 25.0. The van der Waals surface area contributed by atoms with Crippen LogP contribution in [-0.2, 0) is 15.6 Å². The van der Waals surface area contributed by atoms with E-state index < -0.39 is 12.1 Å². The molecule has 2 N–H and O–H groups in total. The number of methoxy groups -OCH3 is 1. The molecule has 0 atom stereocenters. The zero-order valence-electron chi connectivity index (χ0n) is 21.0. The van der Waals surface area contributed by atoms with Crippen molar-refractivity contribution in [2.45, 2.75) is 59.3 Å². The van der Waals surface area contributed by atoms with E-state index in [4.69, 9.17) is 4.74 Å². The third-order valence-corrected chi connectivity index (χ3v) is 5.62. The van der Waals surface area contributed by atoms with Gasteiger partial charge in [0.25, 0.3) is 5.91 Å². The van der Waals surface area contributed by atoms with E-state index in [1.807, 2.05) is 66.7 Å². The summed E-state index contributed by atoms with van der Waals surface area (Å²) < 4.78 is 10.1. The van der Waals surface area contributed by atoms with Crippen LogP contribution in [0, 0.1) is 6.92 Å². The second-order valence-corrected chi connectivity index (χ2v) is 10.5. The van der Waals surface area contributed by atoms with Gasteiger partial charge in [-0.2, -0.15) is 0 Å². The van der Waals surface area contributed by atoms with E-state index in [0.29, 0.717) is 16.6 Å². The highest BCUT2D eigenvalue weighted by Crippen LogP contribution is 2.40. The van der Waals surface area contributed by atoms with E-state index in [-0.39, 0.29) is 27.6 Å². The molecule has 7 heteroatoms. The highest BCUT2D eigenvalue weighted by atomic mass is 16.7. The maximum atomic E-state index is 13.3. The van der Waals surface area contributed by atoms with Crippen molar-refractivity contribution < 1.29 is 19.1 Å². The minimum absolute atomic E-state index is 0.00621. The van der Waals surface area contributed by atoms with Crippen molar-refractivity contribution in [3.05, 3.63) is 69.0 Å². The number of carbonyl (C=O) groups excluding carboxylic acids is 2. The number of rotatable bonds is 3. The fourth-order valence-corrected chi connectivity index (χ4v) is 3.80. The van der Waals surface area contributed by atoms with Gasteiger partial charge in [0, 0.05) is 34.4 Å². The first-order valence-corrected chi connectivity index (χ1v) is 11.1. The lowest BCUT2D eigenvalue weighted by atomic mass is 9.79. The first-order chi connectivity index (χ1) is 15.7. The van der Waals surface area contributed by atoms with Gasteiger partial charge in [-0.25, -0.2) is 4.79 Å². The van der Waals surface area contributed by atoms with Crippen molar-refractivity contribution in [3.8, 4) is 5.75 Å². The molecule has 180 valence electrons. The third-order valence-electron chi connectivity index (χ3n) is 5.62. The van der Waals surface area contributed by atoms with Gasteiger partial charge in [0.2, 0.25) is 5.43 Å². The Bertz CT molecular complexity index is 1320. The second kappa shape index (κ2) is 8.97. The number of pyridine rings is 1. The predicted octanol–water partition coefficient (Wildman–Crippen LogP) is 5.83. The summed E-state index contributed by atoms with van der Waals surface area (Å²) in [5.41, 5.74) is 2.61. The lowest BCUT2D eigenvalue weighted by Gasteiger charge is -2.29. The van der Waals surface area contributed by atoms with Crippen LogP contribution in [0.5, 0.6) is 5.75 Å². The van der Waals surface area contributed by atoms with Gasteiger partial charge in [-0.3, -0.25) is 9.59 Å². The number of ether oxygens (including phenoxy) is 2. The van der Waals surface area contributed by atoms with E-state index in [0.717, 1.165) is 16.7 Å². The van der Waals surface area contributed by atoms with Gasteiger partial charge in [0.05, 0.1) is 7.11 Å². The third kappa shape index (κ3) is 5.14. The van der Waals surface area contributed by atoms with E-state index in [2.05, 4.69) is 15.0 Å². The zero-order chi connectivity index (χ0) is 25.4. The van der Waals surface area contributed by atoms with Crippen LogP contribution in [-0.4, -0.2) is 24.2 Å². The molecule has 3 aromatic rings. The van der Waals surface area contributed by atoms with Gasteiger partial charge in [-0.05, 0) is 41.5 Å². The molecule has 0 fully saturated rings. The summed E-state index contributed by atoms with van der Waals surface area (Å²) in [7, 11) is 1.24. The molecule has 0 saturated heterocycles. The Hall–Kier alpha value is -3.61. The predicted molar refractivity (Wildman–Crippen MR) is 134 cm³/mol. The lowest BCUT2D eigenvalue weighted by Crippen LogP contribution is -2.25. The van der Waals surface area contributed by atoms with Gasteiger partial charge in [0.15, 0.2) is 0 Å². The lowest BCUT2D eigenvalue weighted by molar-refractivity contribution is 0.102. The molecule has 3 rings (SSSR count). The van der Waals surface area contributed by atoms with Gasteiger partial charge in [-0.15, -0.1) is 0 Å². The normalized spacial score (nSPS) is 11.9. The second-order valence-electron chi connectivity index (χ2n) is 10.5. The summed E-state index contributed by atoms with van der Waals surface area (Å²) in [5.74, 6) is -0.270. The van der Waals surface area contributed by atoms with E-state index >= 15 is 0 Å². The van der Waals surface area contributed by atoms with Crippen LogP contribution in [0.25, 0.3) is 10.9 Å². The molecule has 0 spiro atoms. The Labute approximate surface area is 199 Å². The SMILES string of the molecule is COC(=O)Oc1cc(NC(=O)c2c[nH]c3ccc(C)cc3c2=O)c(C(C)(C)C)cc1C(C)(C)C. The highest BCUT2D eigenvalue weighted by Gasteiger charge is 2.28. The van der Waals surface area contributed by atoms with Crippen LogP contribution in [0.2, 0.25) is 0 Å². The van der Waals surface area contributed by atoms with Crippen molar-refractivity contribution in [1.82, 2.24) is 4.98 Å². The molecule has 0 saturated carbocycles. The number of amides is 1. The quantitative estimate of drug-likeness (QED) is 0.375. The largest absolute Gasteiger partial charge is 0.513 e. The van der Waals surface area contributed by atoms with Crippen molar-refractivity contribution in [2.75, 3.05) is 12.4 Å². The van der Waals surface area contributed by atoms with Crippen LogP contribution in [0.15, 0.2) is 41.3 Å². The number of aromatic amines is 1. The maximum Gasteiger partial charge on any atom is 0.513 e. The molecule has 0 unspecified atom stereocenters. The van der Waals surface area contributed by atoms with Crippen molar-refractivity contribution in [3.63, 3.8) is 0 Å². The van der Waals surface area contributed by atoms with Crippen LogP contribution in [0.4, 0.5) is 10.5 Å². The number of fused-ring (bicyclic) bond motifs is 1. The van der Waals surface area contributed by atoms with Crippen LogP contribution in [0.3, 0.4) is 0 Å². The first-order valence-electron chi connectivity index (χ1n) is 11.1.